The van der Waals surface area contributed by atoms with Gasteiger partial charge < -0.3 is 4.42 Å². The van der Waals surface area contributed by atoms with Crippen LogP contribution in [0.25, 0.3) is 0 Å². The summed E-state index contributed by atoms with van der Waals surface area (Å²) in [5.74, 6) is 0.951. The molecule has 1 rings (SSSR count). The molecule has 0 atom stereocenters. The van der Waals surface area contributed by atoms with E-state index in [-0.39, 0.29) is 17.6 Å². The molecule has 0 aliphatic rings. The topological polar surface area (TPSA) is 56.0 Å². The summed E-state index contributed by atoms with van der Waals surface area (Å²) in [6.45, 7) is 7.76. The van der Waals surface area contributed by atoms with Crippen LogP contribution in [0.2, 0.25) is 0 Å². The highest BCUT2D eigenvalue weighted by atomic mass is 16.4. The summed E-state index contributed by atoms with van der Waals surface area (Å²) in [7, 11) is 0. The minimum Gasteiger partial charge on any atom is -0.418 e. The second-order valence-corrected chi connectivity index (χ2v) is 4.12. The van der Waals surface area contributed by atoms with Gasteiger partial charge in [-0.05, 0) is 5.92 Å². The van der Waals surface area contributed by atoms with Gasteiger partial charge in [0.05, 0.1) is 0 Å². The number of rotatable bonds is 4. The molecule has 4 heteroatoms. The smallest absolute Gasteiger partial charge is 0.284 e. The minimum absolute atomic E-state index is 0.0903. The number of aromatic nitrogens is 2. The predicted molar refractivity (Wildman–Crippen MR) is 52.0 cm³/mol. The van der Waals surface area contributed by atoms with E-state index in [4.69, 9.17) is 4.42 Å². The molecule has 0 bridgehead atoms. The zero-order valence-corrected chi connectivity index (χ0v) is 9.07. The second kappa shape index (κ2) is 4.35. The first-order valence-electron chi connectivity index (χ1n) is 4.87. The normalized spacial score (nSPS) is 11.3. The van der Waals surface area contributed by atoms with E-state index < -0.39 is 0 Å². The standard InChI is InChI=1S/C10H16N2O2/c1-6(2)5-8-11-12-10(14-8)9(13)7(3)4/h6-7H,5H2,1-4H3. The van der Waals surface area contributed by atoms with Crippen LogP contribution in [-0.4, -0.2) is 16.0 Å². The van der Waals surface area contributed by atoms with Gasteiger partial charge in [0.2, 0.25) is 11.7 Å². The van der Waals surface area contributed by atoms with Gasteiger partial charge in [-0.3, -0.25) is 4.79 Å². The van der Waals surface area contributed by atoms with Crippen molar-refractivity contribution in [2.24, 2.45) is 11.8 Å². The van der Waals surface area contributed by atoms with Crippen LogP contribution in [0, 0.1) is 11.8 Å². The minimum atomic E-state index is -0.0950. The molecule has 0 saturated heterocycles. The Labute approximate surface area is 83.7 Å². The van der Waals surface area contributed by atoms with E-state index in [0.717, 1.165) is 6.42 Å². The number of hydrogen-bond acceptors (Lipinski definition) is 4. The van der Waals surface area contributed by atoms with E-state index >= 15 is 0 Å². The van der Waals surface area contributed by atoms with Gasteiger partial charge in [0.25, 0.3) is 5.89 Å². The van der Waals surface area contributed by atoms with Gasteiger partial charge in [-0.15, -0.1) is 10.2 Å². The summed E-state index contributed by atoms with van der Waals surface area (Å²) >= 11 is 0. The zero-order valence-electron chi connectivity index (χ0n) is 9.07. The van der Waals surface area contributed by atoms with Crippen molar-refractivity contribution in [2.75, 3.05) is 0 Å². The first kappa shape index (κ1) is 10.9. The molecule has 0 aliphatic carbocycles. The average Bonchev–Trinajstić information content (AvgIpc) is 2.50. The van der Waals surface area contributed by atoms with Crippen LogP contribution in [0.4, 0.5) is 0 Å². The lowest BCUT2D eigenvalue weighted by Crippen LogP contribution is -2.07. The maximum absolute atomic E-state index is 11.4. The first-order valence-corrected chi connectivity index (χ1v) is 4.87. The Morgan fingerprint density at radius 1 is 1.29 bits per heavy atom. The first-order chi connectivity index (χ1) is 6.50. The molecule has 1 aromatic heterocycles. The third kappa shape index (κ3) is 2.65. The molecule has 4 nitrogen and oxygen atoms in total. The molecular formula is C10H16N2O2. The largest absolute Gasteiger partial charge is 0.418 e. The van der Waals surface area contributed by atoms with Gasteiger partial charge in [-0.25, -0.2) is 0 Å². The van der Waals surface area contributed by atoms with Gasteiger partial charge in [-0.2, -0.15) is 0 Å². The van der Waals surface area contributed by atoms with Crippen molar-refractivity contribution in [3.8, 4) is 0 Å². The Morgan fingerprint density at radius 3 is 2.43 bits per heavy atom. The SMILES string of the molecule is CC(C)Cc1nnc(C(=O)C(C)C)o1. The lowest BCUT2D eigenvalue weighted by Gasteiger charge is -1.98. The van der Waals surface area contributed by atoms with Gasteiger partial charge in [0.15, 0.2) is 0 Å². The van der Waals surface area contributed by atoms with Crippen molar-refractivity contribution in [2.45, 2.75) is 34.1 Å². The summed E-state index contributed by atoms with van der Waals surface area (Å²) in [4.78, 5) is 11.4. The fourth-order valence-electron chi connectivity index (χ4n) is 1.03. The molecule has 0 saturated carbocycles. The van der Waals surface area contributed by atoms with Crippen LogP contribution < -0.4 is 0 Å². The summed E-state index contributed by atoms with van der Waals surface area (Å²) in [5, 5.41) is 7.55. The Kier molecular flexibility index (Phi) is 3.38. The van der Waals surface area contributed by atoms with Gasteiger partial charge in [-0.1, -0.05) is 27.7 Å². The Morgan fingerprint density at radius 2 is 1.93 bits per heavy atom. The summed E-state index contributed by atoms with van der Waals surface area (Å²) in [6.07, 6.45) is 0.721. The number of carbonyl (C=O) groups excluding carboxylic acids is 1. The summed E-state index contributed by atoms with van der Waals surface area (Å²) in [5.41, 5.74) is 0. The van der Waals surface area contributed by atoms with Gasteiger partial charge >= 0.3 is 0 Å². The van der Waals surface area contributed by atoms with Crippen LogP contribution >= 0.6 is 0 Å². The van der Waals surface area contributed by atoms with Crippen molar-refractivity contribution in [3.05, 3.63) is 11.8 Å². The monoisotopic (exact) mass is 196 g/mol. The van der Waals surface area contributed by atoms with E-state index in [0.29, 0.717) is 11.8 Å². The molecule has 0 amide bonds. The van der Waals surface area contributed by atoms with Crippen molar-refractivity contribution < 1.29 is 9.21 Å². The van der Waals surface area contributed by atoms with Crippen molar-refractivity contribution in [3.63, 3.8) is 0 Å². The third-order valence-electron chi connectivity index (χ3n) is 1.78. The zero-order chi connectivity index (χ0) is 10.7. The molecule has 0 radical (unpaired) electrons. The van der Waals surface area contributed by atoms with Crippen LogP contribution in [0.15, 0.2) is 4.42 Å². The lowest BCUT2D eigenvalue weighted by atomic mass is 10.1. The van der Waals surface area contributed by atoms with Crippen LogP contribution in [0.3, 0.4) is 0 Å². The van der Waals surface area contributed by atoms with Crippen LogP contribution in [-0.2, 0) is 6.42 Å². The number of carbonyl (C=O) groups is 1. The molecule has 0 N–H and O–H groups in total. The fourth-order valence-corrected chi connectivity index (χ4v) is 1.03. The van der Waals surface area contributed by atoms with Crippen LogP contribution in [0.5, 0.6) is 0 Å². The third-order valence-corrected chi connectivity index (χ3v) is 1.78. The molecule has 78 valence electrons. The van der Waals surface area contributed by atoms with Gasteiger partial charge in [0, 0.05) is 12.3 Å². The Balaban J connectivity index is 2.73. The molecular weight excluding hydrogens is 180 g/mol. The quantitative estimate of drug-likeness (QED) is 0.692. The highest BCUT2D eigenvalue weighted by Gasteiger charge is 2.18. The van der Waals surface area contributed by atoms with Crippen molar-refractivity contribution in [1.82, 2.24) is 10.2 Å². The van der Waals surface area contributed by atoms with Crippen molar-refractivity contribution in [1.29, 1.82) is 0 Å². The molecule has 1 heterocycles. The molecule has 0 aliphatic heterocycles. The lowest BCUT2D eigenvalue weighted by molar-refractivity contribution is 0.0902. The number of Topliss-reactive ketones (excluding diaryl/α,β-unsaturated/α-hetero) is 1. The van der Waals surface area contributed by atoms with E-state index in [2.05, 4.69) is 24.0 Å². The predicted octanol–water partition coefficient (Wildman–Crippen LogP) is 2.11. The average molecular weight is 196 g/mol. The van der Waals surface area contributed by atoms with E-state index in [1.165, 1.54) is 0 Å². The molecule has 0 aromatic carbocycles. The van der Waals surface area contributed by atoms with Crippen LogP contribution in [0.1, 0.15) is 44.3 Å². The molecule has 14 heavy (non-hydrogen) atoms. The van der Waals surface area contributed by atoms with Crippen molar-refractivity contribution >= 4 is 5.78 Å². The Hall–Kier alpha value is -1.19. The maximum atomic E-state index is 11.4. The Bertz CT molecular complexity index is 316. The number of hydrogen-bond donors (Lipinski definition) is 0. The highest BCUT2D eigenvalue weighted by molar-refractivity contribution is 5.92. The van der Waals surface area contributed by atoms with Gasteiger partial charge in [0.1, 0.15) is 0 Å². The van der Waals surface area contributed by atoms with E-state index in [9.17, 15) is 4.79 Å². The highest BCUT2D eigenvalue weighted by Crippen LogP contribution is 2.10. The molecule has 0 fully saturated rings. The molecule has 0 spiro atoms. The number of ketones is 1. The van der Waals surface area contributed by atoms with E-state index in [1.54, 1.807) is 0 Å². The maximum Gasteiger partial charge on any atom is 0.284 e. The summed E-state index contributed by atoms with van der Waals surface area (Å²) < 4.78 is 5.25. The number of nitrogens with zero attached hydrogens (tertiary/aromatic N) is 2. The molecule has 1 aromatic rings. The second-order valence-electron chi connectivity index (χ2n) is 4.12. The fraction of sp³-hybridized carbons (Fsp3) is 0.700. The molecule has 0 unspecified atom stereocenters. The van der Waals surface area contributed by atoms with E-state index in [1.807, 2.05) is 13.8 Å². The summed E-state index contributed by atoms with van der Waals surface area (Å²) in [6, 6.07) is 0.